The Labute approximate surface area is 366 Å². The van der Waals surface area contributed by atoms with Crippen LogP contribution in [0.15, 0.2) is 183 Å². The van der Waals surface area contributed by atoms with E-state index in [1.165, 1.54) is 23.8 Å². The molecule has 4 aromatic heterocycles. The highest BCUT2D eigenvalue weighted by atomic mass is 16.5. The van der Waals surface area contributed by atoms with Crippen molar-refractivity contribution in [2.75, 3.05) is 0 Å². The molecule has 0 aliphatic carbocycles. The molecule has 0 N–H and O–H groups in total. The fourth-order valence-corrected chi connectivity index (χ4v) is 8.31. The van der Waals surface area contributed by atoms with Crippen molar-refractivity contribution in [3.8, 4) is 73.7 Å². The molecule has 0 aliphatic rings. The average molecular weight is 821 g/mol. The van der Waals surface area contributed by atoms with Gasteiger partial charge in [0.1, 0.15) is 35.7 Å². The summed E-state index contributed by atoms with van der Waals surface area (Å²) in [6.07, 6.45) is 6.99. The molecule has 8 nitrogen and oxygen atoms in total. The van der Waals surface area contributed by atoms with Crippen molar-refractivity contribution < 1.29 is 9.47 Å². The van der Waals surface area contributed by atoms with Gasteiger partial charge in [0.05, 0.1) is 22.4 Å². The standard InChI is InChI=1S/C55H44N6O2/c1-35(2)47-29-51(57-31-49(47)37-13-7-5-8-14-37)39-17-11-19-41(25-39)62-43-21-23-45-46-24-22-44(28-54(46)61(53(45)27-43)55-59-33-56-34-60-55)63-42-20-12-18-40(26-42)52-30-48(36(3)4)50(32-58-52)38-15-9-6-10-16-38/h5-36H,1-4H3. The van der Waals surface area contributed by atoms with Gasteiger partial charge in [0.15, 0.2) is 0 Å². The largest absolute Gasteiger partial charge is 0.457 e. The van der Waals surface area contributed by atoms with Gasteiger partial charge in [-0.3, -0.25) is 14.5 Å². The van der Waals surface area contributed by atoms with Gasteiger partial charge in [0, 0.05) is 57.6 Å². The summed E-state index contributed by atoms with van der Waals surface area (Å²) in [5.41, 5.74) is 12.6. The zero-order chi connectivity index (χ0) is 42.9. The van der Waals surface area contributed by atoms with Crippen LogP contribution in [0.2, 0.25) is 0 Å². The predicted molar refractivity (Wildman–Crippen MR) is 253 cm³/mol. The first-order valence-electron chi connectivity index (χ1n) is 21.2. The number of pyridine rings is 2. The lowest BCUT2D eigenvalue weighted by Gasteiger charge is -2.15. The Morgan fingerprint density at radius 2 is 0.841 bits per heavy atom. The SMILES string of the molecule is CC(C)c1cc(-c2cccc(Oc3ccc4c5ccc(Oc6cccc(-c7cc(C(C)C)c(-c8ccccc8)cn7)c6)cc5n(-c5ncncn5)c4c3)c2)ncc1-c1ccccc1. The number of hydrogen-bond acceptors (Lipinski definition) is 7. The Hall–Kier alpha value is -7.97. The first-order valence-corrected chi connectivity index (χ1v) is 21.2. The van der Waals surface area contributed by atoms with E-state index in [1.807, 2.05) is 89.8 Å². The lowest BCUT2D eigenvalue weighted by molar-refractivity contribution is 0.483. The van der Waals surface area contributed by atoms with Gasteiger partial charge < -0.3 is 9.47 Å². The van der Waals surface area contributed by atoms with Crippen LogP contribution >= 0.6 is 0 Å². The Bertz CT molecular complexity index is 3040. The molecule has 10 rings (SSSR count). The molecule has 8 heteroatoms. The summed E-state index contributed by atoms with van der Waals surface area (Å²) in [7, 11) is 0. The van der Waals surface area contributed by atoms with Crippen molar-refractivity contribution in [2.24, 2.45) is 0 Å². The van der Waals surface area contributed by atoms with Crippen molar-refractivity contribution in [2.45, 2.75) is 39.5 Å². The van der Waals surface area contributed by atoms with Crippen LogP contribution in [0.3, 0.4) is 0 Å². The van der Waals surface area contributed by atoms with Crippen LogP contribution in [0.1, 0.15) is 50.7 Å². The van der Waals surface area contributed by atoms with E-state index < -0.39 is 0 Å². The number of hydrogen-bond donors (Lipinski definition) is 0. The van der Waals surface area contributed by atoms with Crippen molar-refractivity contribution in [1.82, 2.24) is 29.5 Å². The van der Waals surface area contributed by atoms with Crippen LogP contribution in [-0.4, -0.2) is 29.5 Å². The van der Waals surface area contributed by atoms with Gasteiger partial charge in [0.2, 0.25) is 5.95 Å². The summed E-state index contributed by atoms with van der Waals surface area (Å²) in [4.78, 5) is 23.1. The van der Waals surface area contributed by atoms with Crippen LogP contribution in [0.25, 0.3) is 72.5 Å². The van der Waals surface area contributed by atoms with Gasteiger partial charge in [-0.15, -0.1) is 0 Å². The highest BCUT2D eigenvalue weighted by Gasteiger charge is 2.18. The Balaban J connectivity index is 0.966. The van der Waals surface area contributed by atoms with Gasteiger partial charge in [-0.05, 0) is 94.8 Å². The van der Waals surface area contributed by atoms with E-state index >= 15 is 0 Å². The molecular formula is C55H44N6O2. The van der Waals surface area contributed by atoms with E-state index in [9.17, 15) is 0 Å². The Kier molecular flexibility index (Phi) is 10.5. The molecule has 6 aromatic carbocycles. The highest BCUT2D eigenvalue weighted by molar-refractivity contribution is 6.09. The van der Waals surface area contributed by atoms with Crippen LogP contribution in [-0.2, 0) is 0 Å². The van der Waals surface area contributed by atoms with E-state index in [-0.39, 0.29) is 0 Å². The van der Waals surface area contributed by atoms with E-state index in [1.54, 1.807) is 0 Å². The summed E-state index contributed by atoms with van der Waals surface area (Å²) < 4.78 is 15.2. The zero-order valence-electron chi connectivity index (χ0n) is 35.5. The van der Waals surface area contributed by atoms with E-state index in [0.717, 1.165) is 66.6 Å². The van der Waals surface area contributed by atoms with Gasteiger partial charge in [-0.2, -0.15) is 0 Å². The normalized spacial score (nSPS) is 11.5. The first-order chi connectivity index (χ1) is 30.9. The van der Waals surface area contributed by atoms with Gasteiger partial charge >= 0.3 is 0 Å². The molecule has 0 fully saturated rings. The molecule has 0 saturated heterocycles. The molecule has 306 valence electrons. The van der Waals surface area contributed by atoms with Crippen LogP contribution in [0, 0.1) is 0 Å². The minimum atomic E-state index is 0.322. The minimum absolute atomic E-state index is 0.322. The molecule has 0 aliphatic heterocycles. The summed E-state index contributed by atoms with van der Waals surface area (Å²) in [5.74, 6) is 3.89. The molecule has 0 spiro atoms. The van der Waals surface area contributed by atoms with Crippen molar-refractivity contribution in [3.05, 3.63) is 194 Å². The second-order valence-electron chi connectivity index (χ2n) is 16.2. The summed E-state index contributed by atoms with van der Waals surface area (Å²) in [5, 5.41) is 2.05. The maximum Gasteiger partial charge on any atom is 0.237 e. The number of rotatable bonds is 11. The number of ether oxygens (including phenoxy) is 2. The van der Waals surface area contributed by atoms with E-state index in [2.05, 4.69) is 128 Å². The predicted octanol–water partition coefficient (Wildman–Crippen LogP) is 14.3. The second-order valence-corrected chi connectivity index (χ2v) is 16.2. The van der Waals surface area contributed by atoms with E-state index in [0.29, 0.717) is 40.8 Å². The van der Waals surface area contributed by atoms with Crippen molar-refractivity contribution >= 4 is 21.8 Å². The first kappa shape index (κ1) is 39.2. The Morgan fingerprint density at radius 1 is 0.413 bits per heavy atom. The summed E-state index contributed by atoms with van der Waals surface area (Å²) in [6, 6.07) is 53.6. The fourth-order valence-electron chi connectivity index (χ4n) is 8.31. The maximum absolute atomic E-state index is 6.58. The third kappa shape index (κ3) is 7.90. The number of nitrogens with zero attached hydrogens (tertiary/aromatic N) is 6. The quantitative estimate of drug-likeness (QED) is 0.128. The smallest absolute Gasteiger partial charge is 0.237 e. The lowest BCUT2D eigenvalue weighted by Crippen LogP contribution is -2.01. The second kappa shape index (κ2) is 16.8. The van der Waals surface area contributed by atoms with Gasteiger partial charge in [-0.25, -0.2) is 15.0 Å². The maximum atomic E-state index is 6.58. The molecule has 4 heterocycles. The molecular weight excluding hydrogens is 777 g/mol. The van der Waals surface area contributed by atoms with Crippen molar-refractivity contribution in [1.29, 1.82) is 0 Å². The molecule has 63 heavy (non-hydrogen) atoms. The van der Waals surface area contributed by atoms with Gasteiger partial charge in [-0.1, -0.05) is 113 Å². The van der Waals surface area contributed by atoms with Gasteiger partial charge in [0.25, 0.3) is 0 Å². The lowest BCUT2D eigenvalue weighted by atomic mass is 9.92. The van der Waals surface area contributed by atoms with Crippen LogP contribution in [0.4, 0.5) is 0 Å². The topological polar surface area (TPSA) is 87.8 Å². The molecule has 10 aromatic rings. The monoisotopic (exact) mass is 820 g/mol. The minimum Gasteiger partial charge on any atom is -0.457 e. The third-order valence-electron chi connectivity index (χ3n) is 11.4. The summed E-state index contributed by atoms with van der Waals surface area (Å²) >= 11 is 0. The average Bonchev–Trinajstić information content (AvgIpc) is 3.64. The Morgan fingerprint density at radius 3 is 1.29 bits per heavy atom. The van der Waals surface area contributed by atoms with Crippen molar-refractivity contribution in [3.63, 3.8) is 0 Å². The molecule has 0 bridgehead atoms. The number of benzene rings is 6. The van der Waals surface area contributed by atoms with E-state index in [4.69, 9.17) is 19.4 Å². The molecule has 0 radical (unpaired) electrons. The molecule has 0 saturated carbocycles. The van der Waals surface area contributed by atoms with Crippen LogP contribution < -0.4 is 9.47 Å². The van der Waals surface area contributed by atoms with Crippen LogP contribution in [0.5, 0.6) is 23.0 Å². The molecule has 0 unspecified atom stereocenters. The summed E-state index contributed by atoms with van der Waals surface area (Å²) in [6.45, 7) is 8.88. The highest BCUT2D eigenvalue weighted by Crippen LogP contribution is 2.39. The zero-order valence-corrected chi connectivity index (χ0v) is 35.5. The fraction of sp³-hybridized carbons (Fsp3) is 0.109. The number of aromatic nitrogens is 6. The number of fused-ring (bicyclic) bond motifs is 3. The molecule has 0 amide bonds. The third-order valence-corrected chi connectivity index (χ3v) is 11.4. The molecule has 0 atom stereocenters.